The van der Waals surface area contributed by atoms with Gasteiger partial charge in [0.2, 0.25) is 0 Å². The van der Waals surface area contributed by atoms with Crippen molar-refractivity contribution in [1.82, 2.24) is 0 Å². The van der Waals surface area contributed by atoms with E-state index in [1.165, 1.54) is 12.1 Å². The zero-order valence-electron chi connectivity index (χ0n) is 10.2. The maximum atomic E-state index is 10.7. The number of rotatable bonds is 4. The zero-order valence-corrected chi connectivity index (χ0v) is 10.2. The fourth-order valence-corrected chi connectivity index (χ4v) is 1.78. The molecule has 0 aliphatic carbocycles. The molecule has 2 aromatic rings. The predicted molar refractivity (Wildman–Crippen MR) is 68.6 cm³/mol. The van der Waals surface area contributed by atoms with Gasteiger partial charge in [0.05, 0.1) is 29.0 Å². The van der Waals surface area contributed by atoms with Crippen molar-refractivity contribution in [2.75, 3.05) is 11.9 Å². The predicted octanol–water partition coefficient (Wildman–Crippen LogP) is 2.70. The summed E-state index contributed by atoms with van der Waals surface area (Å²) in [6.07, 6.45) is 1.57. The Balaban J connectivity index is 2.29. The number of hydrogen-bond donors (Lipinski definition) is 0. The molecule has 0 bridgehead atoms. The van der Waals surface area contributed by atoms with Gasteiger partial charge >= 0.3 is 0 Å². The minimum Gasteiger partial charge on any atom is -0.467 e. The summed E-state index contributed by atoms with van der Waals surface area (Å²) in [6.45, 7) is 0.486. The van der Waals surface area contributed by atoms with Crippen LogP contribution in [0.4, 0.5) is 11.4 Å². The lowest BCUT2D eigenvalue weighted by molar-refractivity contribution is -0.384. The van der Waals surface area contributed by atoms with E-state index in [1.54, 1.807) is 30.3 Å². The van der Waals surface area contributed by atoms with Crippen LogP contribution in [0.2, 0.25) is 0 Å². The van der Waals surface area contributed by atoms with Crippen molar-refractivity contribution in [3.63, 3.8) is 0 Å². The largest absolute Gasteiger partial charge is 0.467 e. The molecule has 0 saturated carbocycles. The monoisotopic (exact) mass is 257 g/mol. The normalized spacial score (nSPS) is 9.89. The van der Waals surface area contributed by atoms with E-state index in [-0.39, 0.29) is 11.3 Å². The molecule has 0 radical (unpaired) electrons. The van der Waals surface area contributed by atoms with Gasteiger partial charge in [-0.15, -0.1) is 0 Å². The maximum Gasteiger partial charge on any atom is 0.270 e. The van der Waals surface area contributed by atoms with E-state index in [1.807, 2.05) is 12.1 Å². The van der Waals surface area contributed by atoms with Crippen molar-refractivity contribution in [1.29, 1.82) is 5.26 Å². The van der Waals surface area contributed by atoms with Crippen LogP contribution in [-0.4, -0.2) is 12.0 Å². The molecule has 6 nitrogen and oxygen atoms in total. The van der Waals surface area contributed by atoms with Gasteiger partial charge in [-0.05, 0) is 18.2 Å². The summed E-state index contributed by atoms with van der Waals surface area (Å²) in [4.78, 5) is 12.0. The molecular weight excluding hydrogens is 246 g/mol. The van der Waals surface area contributed by atoms with Gasteiger partial charge in [0.15, 0.2) is 0 Å². The Morgan fingerprint density at radius 2 is 2.26 bits per heavy atom. The van der Waals surface area contributed by atoms with Crippen LogP contribution >= 0.6 is 0 Å². The summed E-state index contributed by atoms with van der Waals surface area (Å²) in [5, 5.41) is 19.8. The minimum absolute atomic E-state index is 0.0910. The molecule has 0 aliphatic rings. The van der Waals surface area contributed by atoms with Gasteiger partial charge in [-0.2, -0.15) is 5.26 Å². The van der Waals surface area contributed by atoms with E-state index in [9.17, 15) is 10.1 Å². The fourth-order valence-electron chi connectivity index (χ4n) is 1.78. The number of furan rings is 1. The number of hydrogen-bond acceptors (Lipinski definition) is 5. The molecule has 0 aliphatic heterocycles. The van der Waals surface area contributed by atoms with E-state index >= 15 is 0 Å². The first-order chi connectivity index (χ1) is 9.11. The van der Waals surface area contributed by atoms with Crippen LogP contribution in [0.3, 0.4) is 0 Å². The Labute approximate surface area is 109 Å². The molecule has 0 spiro atoms. The van der Waals surface area contributed by atoms with Crippen LogP contribution in [0.1, 0.15) is 11.3 Å². The summed E-state index contributed by atoms with van der Waals surface area (Å²) in [5.74, 6) is 0.754. The Bertz CT molecular complexity index is 629. The van der Waals surface area contributed by atoms with E-state index in [2.05, 4.69) is 0 Å². The van der Waals surface area contributed by atoms with Gasteiger partial charge in [-0.1, -0.05) is 0 Å². The third-order valence-electron chi connectivity index (χ3n) is 2.70. The SMILES string of the molecule is CN(Cc1ccco1)c1ccc([N+](=O)[O-])cc1C#N. The van der Waals surface area contributed by atoms with Crippen molar-refractivity contribution >= 4 is 11.4 Å². The molecule has 1 heterocycles. The molecule has 0 unspecified atom stereocenters. The summed E-state index contributed by atoms with van der Waals surface area (Å²) in [7, 11) is 1.80. The van der Waals surface area contributed by atoms with Crippen LogP contribution in [-0.2, 0) is 6.54 Å². The molecule has 1 aromatic heterocycles. The van der Waals surface area contributed by atoms with Crippen LogP contribution in [0, 0.1) is 21.4 Å². The quantitative estimate of drug-likeness (QED) is 0.621. The molecule has 6 heteroatoms. The summed E-state index contributed by atoms with van der Waals surface area (Å²) in [6, 6.07) is 9.81. The fraction of sp³-hybridized carbons (Fsp3) is 0.154. The number of nitriles is 1. The standard InChI is InChI=1S/C13H11N3O3/c1-15(9-12-3-2-6-19-12)13-5-4-11(16(17)18)7-10(13)8-14/h2-7H,9H2,1H3. The van der Waals surface area contributed by atoms with Crippen molar-refractivity contribution in [3.8, 4) is 6.07 Å². The summed E-state index contributed by atoms with van der Waals surface area (Å²) >= 11 is 0. The number of anilines is 1. The van der Waals surface area contributed by atoms with Crippen LogP contribution < -0.4 is 4.90 Å². The average Bonchev–Trinajstić information content (AvgIpc) is 2.90. The van der Waals surface area contributed by atoms with Crippen LogP contribution in [0.5, 0.6) is 0 Å². The van der Waals surface area contributed by atoms with Gasteiger partial charge < -0.3 is 9.32 Å². The summed E-state index contributed by atoms with van der Waals surface area (Å²) in [5.41, 5.74) is 0.805. The highest BCUT2D eigenvalue weighted by Crippen LogP contribution is 2.25. The molecule has 0 saturated heterocycles. The third kappa shape index (κ3) is 2.72. The molecule has 0 fully saturated rings. The van der Waals surface area contributed by atoms with E-state index in [0.717, 1.165) is 5.76 Å². The number of benzene rings is 1. The van der Waals surface area contributed by atoms with Gasteiger partial charge in [0, 0.05) is 19.2 Å². The highest BCUT2D eigenvalue weighted by Gasteiger charge is 2.14. The Kier molecular flexibility index (Phi) is 3.48. The first-order valence-corrected chi connectivity index (χ1v) is 5.54. The number of nitrogens with zero attached hydrogens (tertiary/aromatic N) is 3. The van der Waals surface area contributed by atoms with Gasteiger partial charge in [-0.3, -0.25) is 10.1 Å². The lowest BCUT2D eigenvalue weighted by Gasteiger charge is -2.18. The number of non-ortho nitro benzene ring substituents is 1. The van der Waals surface area contributed by atoms with E-state index < -0.39 is 4.92 Å². The summed E-state index contributed by atoms with van der Waals surface area (Å²) < 4.78 is 5.23. The van der Waals surface area contributed by atoms with Crippen LogP contribution in [0.25, 0.3) is 0 Å². The topological polar surface area (TPSA) is 83.3 Å². The van der Waals surface area contributed by atoms with Crippen molar-refractivity contribution < 1.29 is 9.34 Å². The molecule has 1 aromatic carbocycles. The first-order valence-electron chi connectivity index (χ1n) is 5.54. The number of nitro groups is 1. The molecular formula is C13H11N3O3. The van der Waals surface area contributed by atoms with E-state index in [4.69, 9.17) is 9.68 Å². The smallest absolute Gasteiger partial charge is 0.270 e. The van der Waals surface area contributed by atoms with Crippen molar-refractivity contribution in [3.05, 3.63) is 58.0 Å². The van der Waals surface area contributed by atoms with Gasteiger partial charge in [-0.25, -0.2) is 0 Å². The highest BCUT2D eigenvalue weighted by atomic mass is 16.6. The second kappa shape index (κ2) is 5.23. The lowest BCUT2D eigenvalue weighted by atomic mass is 10.1. The molecule has 96 valence electrons. The molecule has 0 amide bonds. The first kappa shape index (κ1) is 12.6. The van der Waals surface area contributed by atoms with Crippen molar-refractivity contribution in [2.24, 2.45) is 0 Å². The minimum atomic E-state index is -0.517. The molecule has 0 N–H and O–H groups in total. The molecule has 0 atom stereocenters. The Morgan fingerprint density at radius 3 is 2.84 bits per heavy atom. The lowest BCUT2D eigenvalue weighted by Crippen LogP contribution is -2.17. The molecule has 2 rings (SSSR count). The van der Waals surface area contributed by atoms with Crippen molar-refractivity contribution in [2.45, 2.75) is 6.54 Å². The van der Waals surface area contributed by atoms with Crippen LogP contribution in [0.15, 0.2) is 41.0 Å². The van der Waals surface area contributed by atoms with Gasteiger partial charge in [0.25, 0.3) is 5.69 Å². The zero-order chi connectivity index (χ0) is 13.8. The van der Waals surface area contributed by atoms with E-state index in [0.29, 0.717) is 12.2 Å². The Morgan fingerprint density at radius 1 is 1.47 bits per heavy atom. The highest BCUT2D eigenvalue weighted by molar-refractivity contribution is 5.62. The third-order valence-corrected chi connectivity index (χ3v) is 2.70. The maximum absolute atomic E-state index is 10.7. The average molecular weight is 257 g/mol. The second-order valence-electron chi connectivity index (χ2n) is 4.01. The van der Waals surface area contributed by atoms with Gasteiger partial charge in [0.1, 0.15) is 11.8 Å². The molecule has 19 heavy (non-hydrogen) atoms. The Hall–Kier alpha value is -2.81. The number of nitro benzene ring substituents is 1. The second-order valence-corrected chi connectivity index (χ2v) is 4.01.